The molecule has 0 aliphatic carbocycles. The number of amides is 3. The van der Waals surface area contributed by atoms with E-state index in [2.05, 4.69) is 20.9 Å². The standard InChI is InChI=1S/C23H46N8O5S/c1-14(2)13-18(31-19(32)15(25)9-12-37-3)21(34)29-16(7-4-5-10-24)20(33)30-17(22(35)36)8-6-11-28-23(26)27/h14-18H,4-13,24-25H2,1-3H3,(H,29,34)(H,30,33)(H,31,32)(H,35,36)(H4,26,27,28). The van der Waals surface area contributed by atoms with Crippen molar-refractivity contribution < 1.29 is 24.3 Å². The van der Waals surface area contributed by atoms with Crippen molar-refractivity contribution in [2.24, 2.45) is 33.8 Å². The molecule has 0 bridgehead atoms. The Morgan fingerprint density at radius 2 is 1.43 bits per heavy atom. The fourth-order valence-electron chi connectivity index (χ4n) is 3.42. The first-order chi connectivity index (χ1) is 17.4. The van der Waals surface area contributed by atoms with E-state index in [1.807, 2.05) is 20.1 Å². The molecule has 0 aliphatic heterocycles. The Morgan fingerprint density at radius 3 is 1.97 bits per heavy atom. The first-order valence-corrected chi connectivity index (χ1v) is 14.0. The van der Waals surface area contributed by atoms with E-state index in [0.29, 0.717) is 44.4 Å². The molecule has 0 spiro atoms. The van der Waals surface area contributed by atoms with Gasteiger partial charge in [-0.2, -0.15) is 11.8 Å². The summed E-state index contributed by atoms with van der Waals surface area (Å²) in [6, 6.07) is -3.84. The number of hydrogen-bond donors (Lipinski definition) is 8. The van der Waals surface area contributed by atoms with Crippen LogP contribution in [0.4, 0.5) is 0 Å². The lowest BCUT2D eigenvalue weighted by atomic mass is 10.0. The monoisotopic (exact) mass is 546 g/mol. The van der Waals surface area contributed by atoms with Crippen molar-refractivity contribution in [1.29, 1.82) is 0 Å². The third-order valence-electron chi connectivity index (χ3n) is 5.45. The number of rotatable bonds is 20. The molecule has 0 aromatic rings. The molecule has 37 heavy (non-hydrogen) atoms. The second kappa shape index (κ2) is 19.5. The van der Waals surface area contributed by atoms with Gasteiger partial charge in [0.2, 0.25) is 17.7 Å². The lowest BCUT2D eigenvalue weighted by Gasteiger charge is -2.26. The molecule has 0 aromatic carbocycles. The average Bonchev–Trinajstić information content (AvgIpc) is 2.82. The third-order valence-corrected chi connectivity index (χ3v) is 6.09. The van der Waals surface area contributed by atoms with Crippen LogP contribution >= 0.6 is 11.8 Å². The van der Waals surface area contributed by atoms with E-state index >= 15 is 0 Å². The Bertz CT molecular complexity index is 749. The van der Waals surface area contributed by atoms with Crippen LogP contribution < -0.4 is 38.9 Å². The predicted octanol–water partition coefficient (Wildman–Crippen LogP) is -1.17. The highest BCUT2D eigenvalue weighted by Gasteiger charge is 2.30. The van der Waals surface area contributed by atoms with Crippen molar-refractivity contribution in [3.8, 4) is 0 Å². The van der Waals surface area contributed by atoms with Gasteiger partial charge in [0.1, 0.15) is 18.1 Å². The van der Waals surface area contributed by atoms with Crippen molar-refractivity contribution in [3.05, 3.63) is 0 Å². The maximum absolute atomic E-state index is 13.2. The number of carboxylic acid groups (broad SMARTS) is 1. The minimum atomic E-state index is -1.21. The topological polar surface area (TPSA) is 241 Å². The van der Waals surface area contributed by atoms with Crippen molar-refractivity contribution in [1.82, 2.24) is 16.0 Å². The van der Waals surface area contributed by atoms with Gasteiger partial charge in [0.25, 0.3) is 0 Å². The zero-order valence-corrected chi connectivity index (χ0v) is 23.0. The molecular weight excluding hydrogens is 500 g/mol. The summed E-state index contributed by atoms with van der Waals surface area (Å²) in [5.74, 6) is -2.15. The van der Waals surface area contributed by atoms with Crippen LogP contribution in [-0.4, -0.2) is 84.0 Å². The number of aliphatic carboxylic acids is 1. The SMILES string of the molecule is CSCCC(N)C(=O)NC(CC(C)C)C(=O)NC(CCCCN)C(=O)NC(CCCN=C(N)N)C(=O)O. The summed E-state index contributed by atoms with van der Waals surface area (Å²) in [6.45, 7) is 4.44. The fraction of sp³-hybridized carbons (Fsp3) is 0.783. The van der Waals surface area contributed by atoms with Gasteiger partial charge in [0.15, 0.2) is 5.96 Å². The van der Waals surface area contributed by atoms with Gasteiger partial charge >= 0.3 is 5.97 Å². The van der Waals surface area contributed by atoms with Gasteiger partial charge < -0.3 is 44.0 Å². The van der Waals surface area contributed by atoms with Crippen molar-refractivity contribution in [3.63, 3.8) is 0 Å². The Hall–Kier alpha value is -2.58. The van der Waals surface area contributed by atoms with Crippen LogP contribution in [0.1, 0.15) is 58.8 Å². The van der Waals surface area contributed by atoms with Gasteiger partial charge in [0, 0.05) is 6.54 Å². The van der Waals surface area contributed by atoms with E-state index in [4.69, 9.17) is 22.9 Å². The molecule has 0 heterocycles. The largest absolute Gasteiger partial charge is 0.480 e. The maximum Gasteiger partial charge on any atom is 0.326 e. The summed E-state index contributed by atoms with van der Waals surface area (Å²) < 4.78 is 0. The summed E-state index contributed by atoms with van der Waals surface area (Å²) in [5.41, 5.74) is 22.1. The number of unbranched alkanes of at least 4 members (excludes halogenated alkanes) is 1. The number of aliphatic imine (C=N–C) groups is 1. The van der Waals surface area contributed by atoms with E-state index < -0.39 is 47.9 Å². The number of nitrogens with two attached hydrogens (primary N) is 4. The number of carbonyl (C=O) groups excluding carboxylic acids is 3. The molecule has 0 aliphatic rings. The molecule has 4 atom stereocenters. The van der Waals surface area contributed by atoms with E-state index in [-0.39, 0.29) is 31.3 Å². The van der Waals surface area contributed by atoms with Crippen LogP contribution in [-0.2, 0) is 19.2 Å². The highest BCUT2D eigenvalue weighted by atomic mass is 32.2. The molecule has 3 amide bonds. The molecule has 14 heteroatoms. The highest BCUT2D eigenvalue weighted by Crippen LogP contribution is 2.09. The van der Waals surface area contributed by atoms with Crippen LogP contribution in [0.3, 0.4) is 0 Å². The molecule has 13 nitrogen and oxygen atoms in total. The second-order valence-electron chi connectivity index (χ2n) is 9.27. The lowest BCUT2D eigenvalue weighted by Crippen LogP contribution is -2.57. The summed E-state index contributed by atoms with van der Waals surface area (Å²) >= 11 is 1.57. The third kappa shape index (κ3) is 16.0. The van der Waals surface area contributed by atoms with E-state index in [1.54, 1.807) is 11.8 Å². The predicted molar refractivity (Wildman–Crippen MR) is 147 cm³/mol. The molecule has 0 rings (SSSR count). The summed E-state index contributed by atoms with van der Waals surface area (Å²) in [4.78, 5) is 54.2. The smallest absolute Gasteiger partial charge is 0.326 e. The molecular formula is C23H46N8O5S. The number of thioether (sulfide) groups is 1. The molecule has 0 fully saturated rings. The first kappa shape index (κ1) is 34.4. The highest BCUT2D eigenvalue weighted by molar-refractivity contribution is 7.98. The van der Waals surface area contributed by atoms with E-state index in [9.17, 15) is 24.3 Å². The van der Waals surface area contributed by atoms with Gasteiger partial charge in [-0.3, -0.25) is 19.4 Å². The van der Waals surface area contributed by atoms with Crippen LogP contribution in [0.15, 0.2) is 4.99 Å². The van der Waals surface area contributed by atoms with Crippen LogP contribution in [0.25, 0.3) is 0 Å². The zero-order valence-electron chi connectivity index (χ0n) is 22.2. The average molecular weight is 547 g/mol. The summed E-state index contributed by atoms with van der Waals surface area (Å²) in [5, 5.41) is 17.4. The second-order valence-corrected chi connectivity index (χ2v) is 10.3. The van der Waals surface area contributed by atoms with Crippen molar-refractivity contribution in [2.45, 2.75) is 83.0 Å². The molecule has 0 saturated carbocycles. The molecule has 0 radical (unpaired) electrons. The maximum atomic E-state index is 13.2. The Labute approximate surface area is 223 Å². The number of carbonyl (C=O) groups is 4. The van der Waals surface area contributed by atoms with Gasteiger partial charge in [-0.25, -0.2) is 4.79 Å². The first-order valence-electron chi connectivity index (χ1n) is 12.6. The number of nitrogens with one attached hydrogen (secondary N) is 3. The quantitative estimate of drug-likeness (QED) is 0.0517. The van der Waals surface area contributed by atoms with Crippen molar-refractivity contribution in [2.75, 3.05) is 25.1 Å². The number of hydrogen-bond acceptors (Lipinski definition) is 8. The van der Waals surface area contributed by atoms with Crippen molar-refractivity contribution >= 4 is 41.4 Å². The summed E-state index contributed by atoms with van der Waals surface area (Å²) in [6.07, 6.45) is 4.56. The fourth-order valence-corrected chi connectivity index (χ4v) is 3.91. The molecule has 214 valence electrons. The van der Waals surface area contributed by atoms with E-state index in [1.165, 1.54) is 0 Å². The van der Waals surface area contributed by atoms with E-state index in [0.717, 1.165) is 0 Å². The number of guanidine groups is 1. The Balaban J connectivity index is 5.46. The van der Waals surface area contributed by atoms with Crippen LogP contribution in [0.5, 0.6) is 0 Å². The summed E-state index contributed by atoms with van der Waals surface area (Å²) in [7, 11) is 0. The molecule has 0 saturated heterocycles. The van der Waals surface area contributed by atoms with Gasteiger partial charge in [-0.15, -0.1) is 0 Å². The van der Waals surface area contributed by atoms with Gasteiger partial charge in [-0.1, -0.05) is 13.8 Å². The zero-order chi connectivity index (χ0) is 28.4. The van der Waals surface area contributed by atoms with Crippen LogP contribution in [0.2, 0.25) is 0 Å². The minimum absolute atomic E-state index is 0.0737. The molecule has 4 unspecified atom stereocenters. The molecule has 12 N–H and O–H groups in total. The Morgan fingerprint density at radius 1 is 0.865 bits per heavy atom. The van der Waals surface area contributed by atoms with Crippen LogP contribution in [0, 0.1) is 5.92 Å². The normalized spacial score (nSPS) is 14.2. The minimum Gasteiger partial charge on any atom is -0.480 e. The molecule has 0 aromatic heterocycles. The van der Waals surface area contributed by atoms with Gasteiger partial charge in [0.05, 0.1) is 6.04 Å². The number of nitrogens with zero attached hydrogens (tertiary/aromatic N) is 1. The lowest BCUT2D eigenvalue weighted by molar-refractivity contribution is -0.142. The number of carboxylic acids is 1. The Kier molecular flexibility index (Phi) is 18.2. The van der Waals surface area contributed by atoms with Gasteiger partial charge in [-0.05, 0) is 69.4 Å².